The fourth-order valence-corrected chi connectivity index (χ4v) is 1.99. The van der Waals surface area contributed by atoms with Gasteiger partial charge in [-0.2, -0.15) is 0 Å². The number of thiazole rings is 1. The Labute approximate surface area is 116 Å². The summed E-state index contributed by atoms with van der Waals surface area (Å²) in [6.07, 6.45) is -1.94. The number of nitrogens with zero attached hydrogens (tertiary/aromatic N) is 2. The molecule has 0 fully saturated rings. The topological polar surface area (TPSA) is 61.0 Å². The Bertz CT molecular complexity index is 620. The van der Waals surface area contributed by atoms with Crippen LogP contribution in [-0.4, -0.2) is 16.3 Å². The van der Waals surface area contributed by atoms with Gasteiger partial charge in [-0.05, 0) is 30.7 Å². The molecule has 0 atom stereocenters. The van der Waals surface area contributed by atoms with Crippen LogP contribution in [0.2, 0.25) is 0 Å². The minimum absolute atomic E-state index is 0.355. The lowest BCUT2D eigenvalue weighted by Crippen LogP contribution is -2.17. The predicted molar refractivity (Wildman–Crippen MR) is 71.0 cm³/mol. The van der Waals surface area contributed by atoms with Crippen LogP contribution in [0.3, 0.4) is 0 Å². The monoisotopic (exact) mass is 301 g/mol. The molecule has 0 aromatic carbocycles. The van der Waals surface area contributed by atoms with E-state index in [2.05, 4.69) is 14.7 Å². The van der Waals surface area contributed by atoms with Crippen molar-refractivity contribution in [2.24, 2.45) is 0 Å². The Hall–Kier alpha value is -2.09. The Balaban J connectivity index is 2.15. The van der Waals surface area contributed by atoms with Crippen molar-refractivity contribution in [1.82, 2.24) is 9.97 Å². The standard InChI is InChI=1S/C12H10F3N3OS/c1-7(4-8-6-20-11(16)18-8)10-3-2-9(5-17-10)19-12(13,14)15/h2-6H,1H3,(H2,16,18)/b7-4+. The third kappa shape index (κ3) is 3.95. The highest BCUT2D eigenvalue weighted by Crippen LogP contribution is 2.24. The van der Waals surface area contributed by atoms with E-state index >= 15 is 0 Å². The minimum atomic E-state index is -4.72. The lowest BCUT2D eigenvalue weighted by Gasteiger charge is -2.08. The van der Waals surface area contributed by atoms with Crippen molar-refractivity contribution in [1.29, 1.82) is 0 Å². The molecule has 0 aliphatic rings. The second-order valence-corrected chi connectivity index (χ2v) is 4.75. The summed E-state index contributed by atoms with van der Waals surface area (Å²) in [6.45, 7) is 1.78. The van der Waals surface area contributed by atoms with E-state index in [-0.39, 0.29) is 5.75 Å². The van der Waals surface area contributed by atoms with Gasteiger partial charge in [-0.1, -0.05) is 0 Å². The number of nitrogen functional groups attached to an aromatic ring is 1. The maximum Gasteiger partial charge on any atom is 0.573 e. The van der Waals surface area contributed by atoms with Gasteiger partial charge in [-0.15, -0.1) is 24.5 Å². The fraction of sp³-hybridized carbons (Fsp3) is 0.167. The van der Waals surface area contributed by atoms with Crippen LogP contribution >= 0.6 is 11.3 Å². The first kappa shape index (κ1) is 14.3. The van der Waals surface area contributed by atoms with E-state index in [0.717, 1.165) is 11.8 Å². The van der Waals surface area contributed by atoms with Crippen LogP contribution < -0.4 is 10.5 Å². The van der Waals surface area contributed by atoms with Gasteiger partial charge in [0.2, 0.25) is 0 Å². The summed E-state index contributed by atoms with van der Waals surface area (Å²) in [5.41, 5.74) is 7.49. The molecule has 0 radical (unpaired) electrons. The quantitative estimate of drug-likeness (QED) is 0.941. The number of rotatable bonds is 3. The second-order valence-electron chi connectivity index (χ2n) is 3.86. The molecule has 2 N–H and O–H groups in total. The van der Waals surface area contributed by atoms with E-state index in [9.17, 15) is 13.2 Å². The SMILES string of the molecule is C/C(=C\c1csc(N)n1)c1ccc(OC(F)(F)F)cn1. The molecule has 0 bridgehead atoms. The Morgan fingerprint density at radius 2 is 2.15 bits per heavy atom. The number of hydrogen-bond acceptors (Lipinski definition) is 5. The van der Waals surface area contributed by atoms with Crippen LogP contribution in [0.25, 0.3) is 11.6 Å². The van der Waals surface area contributed by atoms with Gasteiger partial charge < -0.3 is 10.5 Å². The van der Waals surface area contributed by atoms with Crippen LogP contribution in [-0.2, 0) is 0 Å². The smallest absolute Gasteiger partial charge is 0.404 e. The zero-order chi connectivity index (χ0) is 14.8. The molecule has 4 nitrogen and oxygen atoms in total. The van der Waals surface area contributed by atoms with Gasteiger partial charge in [0.1, 0.15) is 5.75 Å². The summed E-state index contributed by atoms with van der Waals surface area (Å²) in [6, 6.07) is 2.66. The van der Waals surface area contributed by atoms with Gasteiger partial charge in [0.05, 0.1) is 17.6 Å². The van der Waals surface area contributed by atoms with Gasteiger partial charge in [0.25, 0.3) is 0 Å². The molecule has 0 amide bonds. The number of ether oxygens (including phenoxy) is 1. The van der Waals surface area contributed by atoms with Crippen molar-refractivity contribution in [3.05, 3.63) is 35.1 Å². The maximum absolute atomic E-state index is 12.0. The van der Waals surface area contributed by atoms with Crippen LogP contribution in [0.5, 0.6) is 5.75 Å². The summed E-state index contributed by atoms with van der Waals surface area (Å²) in [7, 11) is 0. The first-order valence-corrected chi connectivity index (χ1v) is 6.33. The normalized spacial score (nSPS) is 12.5. The highest BCUT2D eigenvalue weighted by Gasteiger charge is 2.31. The molecule has 0 saturated carbocycles. The summed E-state index contributed by atoms with van der Waals surface area (Å²) in [5.74, 6) is -0.355. The first-order valence-electron chi connectivity index (χ1n) is 5.45. The molecule has 0 saturated heterocycles. The number of alkyl halides is 3. The third-order valence-corrected chi connectivity index (χ3v) is 2.97. The van der Waals surface area contributed by atoms with Crippen molar-refractivity contribution in [3.63, 3.8) is 0 Å². The molecule has 2 aromatic heterocycles. The van der Waals surface area contributed by atoms with Crippen molar-refractivity contribution < 1.29 is 17.9 Å². The number of hydrogen-bond donors (Lipinski definition) is 1. The number of pyridine rings is 1. The predicted octanol–water partition coefficient (Wildman–Crippen LogP) is 3.58. The molecule has 0 aliphatic heterocycles. The zero-order valence-electron chi connectivity index (χ0n) is 10.3. The van der Waals surface area contributed by atoms with E-state index in [0.29, 0.717) is 16.5 Å². The van der Waals surface area contributed by atoms with Crippen molar-refractivity contribution in [3.8, 4) is 5.75 Å². The number of nitrogens with two attached hydrogens (primary N) is 1. The molecule has 2 heterocycles. The number of aromatic nitrogens is 2. The summed E-state index contributed by atoms with van der Waals surface area (Å²) in [5, 5.41) is 2.23. The first-order chi connectivity index (χ1) is 9.33. The van der Waals surface area contributed by atoms with Crippen molar-refractivity contribution >= 4 is 28.1 Å². The molecule has 20 heavy (non-hydrogen) atoms. The molecular formula is C12H10F3N3OS. The Kier molecular flexibility index (Phi) is 3.93. The number of halogens is 3. The average molecular weight is 301 g/mol. The molecule has 8 heteroatoms. The largest absolute Gasteiger partial charge is 0.573 e. The molecule has 2 aromatic rings. The molecule has 2 rings (SSSR count). The van der Waals surface area contributed by atoms with Gasteiger partial charge in [-0.25, -0.2) is 4.98 Å². The number of allylic oxidation sites excluding steroid dienone is 1. The molecular weight excluding hydrogens is 291 g/mol. The van der Waals surface area contributed by atoms with Crippen LogP contribution in [0, 0.1) is 0 Å². The van der Waals surface area contributed by atoms with E-state index in [4.69, 9.17) is 5.73 Å². The van der Waals surface area contributed by atoms with E-state index in [1.807, 2.05) is 0 Å². The van der Waals surface area contributed by atoms with Gasteiger partial charge in [0, 0.05) is 5.38 Å². The maximum atomic E-state index is 12.0. The Morgan fingerprint density at radius 1 is 1.40 bits per heavy atom. The fourth-order valence-electron chi connectivity index (χ4n) is 1.47. The van der Waals surface area contributed by atoms with Gasteiger partial charge in [-0.3, -0.25) is 4.98 Å². The highest BCUT2D eigenvalue weighted by molar-refractivity contribution is 7.13. The molecule has 0 unspecified atom stereocenters. The highest BCUT2D eigenvalue weighted by atomic mass is 32.1. The van der Waals surface area contributed by atoms with E-state index in [1.165, 1.54) is 23.5 Å². The third-order valence-electron chi connectivity index (χ3n) is 2.28. The van der Waals surface area contributed by atoms with E-state index < -0.39 is 6.36 Å². The van der Waals surface area contributed by atoms with Crippen LogP contribution in [0.4, 0.5) is 18.3 Å². The van der Waals surface area contributed by atoms with Crippen molar-refractivity contribution in [2.45, 2.75) is 13.3 Å². The van der Waals surface area contributed by atoms with Crippen LogP contribution in [0.1, 0.15) is 18.3 Å². The zero-order valence-corrected chi connectivity index (χ0v) is 11.1. The summed E-state index contributed by atoms with van der Waals surface area (Å²) in [4.78, 5) is 7.98. The lowest BCUT2D eigenvalue weighted by atomic mass is 10.1. The molecule has 106 valence electrons. The average Bonchev–Trinajstić information content (AvgIpc) is 2.73. The molecule has 0 spiro atoms. The second kappa shape index (κ2) is 5.49. The van der Waals surface area contributed by atoms with E-state index in [1.54, 1.807) is 18.4 Å². The lowest BCUT2D eigenvalue weighted by molar-refractivity contribution is -0.274. The van der Waals surface area contributed by atoms with Crippen molar-refractivity contribution in [2.75, 3.05) is 5.73 Å². The van der Waals surface area contributed by atoms with Crippen LogP contribution in [0.15, 0.2) is 23.7 Å². The molecule has 0 aliphatic carbocycles. The minimum Gasteiger partial charge on any atom is -0.404 e. The summed E-state index contributed by atoms with van der Waals surface area (Å²) < 4.78 is 39.8. The van der Waals surface area contributed by atoms with Gasteiger partial charge in [0.15, 0.2) is 5.13 Å². The van der Waals surface area contributed by atoms with Gasteiger partial charge >= 0.3 is 6.36 Å². The Morgan fingerprint density at radius 3 is 2.65 bits per heavy atom. The number of anilines is 1. The summed E-state index contributed by atoms with van der Waals surface area (Å²) >= 11 is 1.31.